The number of carbonyl (C=O) groups is 1. The van der Waals surface area contributed by atoms with E-state index in [1.165, 1.54) is 0 Å². The molecular formula is C18H21NO2. The number of aliphatic hydroxyl groups excluding tert-OH is 1. The Morgan fingerprint density at radius 1 is 1.05 bits per heavy atom. The number of rotatable bonds is 7. The fourth-order valence-electron chi connectivity index (χ4n) is 2.40. The number of aliphatic hydroxyl groups is 1. The Morgan fingerprint density at radius 3 is 2.38 bits per heavy atom. The molecule has 0 bridgehead atoms. The van der Waals surface area contributed by atoms with E-state index < -0.39 is 0 Å². The van der Waals surface area contributed by atoms with Crippen molar-refractivity contribution in [2.75, 3.05) is 24.6 Å². The Bertz CT molecular complexity index is 581. The van der Waals surface area contributed by atoms with Crippen LogP contribution in [0.3, 0.4) is 0 Å². The quantitative estimate of drug-likeness (QED) is 0.794. The minimum absolute atomic E-state index is 0.0358. The minimum Gasteiger partial charge on any atom is -0.396 e. The van der Waals surface area contributed by atoms with Crippen LogP contribution in [0.5, 0.6) is 0 Å². The second-order valence-corrected chi connectivity index (χ2v) is 4.87. The Labute approximate surface area is 125 Å². The molecular weight excluding hydrogens is 262 g/mol. The number of carbonyl (C=O) groups excluding carboxylic acids is 1. The molecule has 0 unspecified atom stereocenters. The van der Waals surface area contributed by atoms with Crippen molar-refractivity contribution in [1.29, 1.82) is 0 Å². The van der Waals surface area contributed by atoms with E-state index in [2.05, 4.69) is 11.8 Å². The number of nitrogens with zero attached hydrogens (tertiary/aromatic N) is 1. The first-order valence-corrected chi connectivity index (χ1v) is 7.32. The van der Waals surface area contributed by atoms with Gasteiger partial charge in [-0.3, -0.25) is 4.79 Å². The predicted octanol–water partition coefficient (Wildman–Crippen LogP) is 3.13. The highest BCUT2D eigenvalue weighted by Crippen LogP contribution is 2.23. The zero-order chi connectivity index (χ0) is 15.1. The minimum atomic E-state index is 0.0358. The highest BCUT2D eigenvalue weighted by atomic mass is 16.3. The summed E-state index contributed by atoms with van der Waals surface area (Å²) in [5, 5.41) is 9.02. The van der Waals surface area contributed by atoms with Crippen LogP contribution in [0.1, 0.15) is 29.3 Å². The van der Waals surface area contributed by atoms with E-state index in [4.69, 9.17) is 5.11 Å². The second-order valence-electron chi connectivity index (χ2n) is 4.87. The van der Waals surface area contributed by atoms with Gasteiger partial charge in [0.1, 0.15) is 0 Å². The molecule has 0 fully saturated rings. The Morgan fingerprint density at radius 2 is 1.71 bits per heavy atom. The highest BCUT2D eigenvalue weighted by molar-refractivity contribution is 6.12. The van der Waals surface area contributed by atoms with Crippen LogP contribution in [0.15, 0.2) is 54.6 Å². The summed E-state index contributed by atoms with van der Waals surface area (Å²) >= 11 is 0. The molecule has 110 valence electrons. The van der Waals surface area contributed by atoms with Gasteiger partial charge in [0.15, 0.2) is 5.78 Å². The summed E-state index contributed by atoms with van der Waals surface area (Å²) < 4.78 is 0. The van der Waals surface area contributed by atoms with Crippen LogP contribution < -0.4 is 4.90 Å². The Balaban J connectivity index is 2.34. The van der Waals surface area contributed by atoms with Crippen LogP contribution in [-0.4, -0.2) is 30.6 Å². The summed E-state index contributed by atoms with van der Waals surface area (Å²) in [4.78, 5) is 14.8. The van der Waals surface area contributed by atoms with Gasteiger partial charge in [-0.2, -0.15) is 0 Å². The molecule has 0 spiro atoms. The maximum absolute atomic E-state index is 12.7. The summed E-state index contributed by atoms with van der Waals surface area (Å²) in [7, 11) is 0. The zero-order valence-electron chi connectivity index (χ0n) is 12.3. The van der Waals surface area contributed by atoms with Gasteiger partial charge in [-0.05, 0) is 25.5 Å². The molecule has 1 N–H and O–H groups in total. The average Bonchev–Trinajstić information content (AvgIpc) is 2.56. The molecule has 0 saturated heterocycles. The van der Waals surface area contributed by atoms with E-state index in [0.717, 1.165) is 18.8 Å². The number of ketones is 1. The van der Waals surface area contributed by atoms with Gasteiger partial charge in [-0.15, -0.1) is 0 Å². The third-order valence-electron chi connectivity index (χ3n) is 3.49. The van der Waals surface area contributed by atoms with Crippen molar-refractivity contribution in [2.24, 2.45) is 0 Å². The molecule has 0 saturated carbocycles. The van der Waals surface area contributed by atoms with Gasteiger partial charge in [0.05, 0.1) is 0 Å². The lowest BCUT2D eigenvalue weighted by Crippen LogP contribution is -2.26. The molecule has 0 aliphatic rings. The van der Waals surface area contributed by atoms with Crippen molar-refractivity contribution >= 4 is 11.5 Å². The number of para-hydroxylation sites is 1. The smallest absolute Gasteiger partial charge is 0.195 e. The molecule has 21 heavy (non-hydrogen) atoms. The normalized spacial score (nSPS) is 10.4. The lowest BCUT2D eigenvalue weighted by atomic mass is 10.0. The number of benzene rings is 2. The van der Waals surface area contributed by atoms with Crippen LogP contribution in [0.25, 0.3) is 0 Å². The van der Waals surface area contributed by atoms with Crippen molar-refractivity contribution in [1.82, 2.24) is 0 Å². The average molecular weight is 283 g/mol. The molecule has 0 atom stereocenters. The van der Waals surface area contributed by atoms with Gasteiger partial charge >= 0.3 is 0 Å². The molecule has 3 nitrogen and oxygen atoms in total. The first-order chi connectivity index (χ1) is 10.3. The van der Waals surface area contributed by atoms with Gasteiger partial charge in [0.2, 0.25) is 0 Å². The van der Waals surface area contributed by atoms with Gasteiger partial charge in [-0.1, -0.05) is 42.5 Å². The number of hydrogen-bond acceptors (Lipinski definition) is 3. The molecule has 0 heterocycles. The van der Waals surface area contributed by atoms with E-state index in [1.54, 1.807) is 0 Å². The molecule has 2 aromatic rings. The first-order valence-electron chi connectivity index (χ1n) is 7.32. The number of hydrogen-bond donors (Lipinski definition) is 1. The van der Waals surface area contributed by atoms with Crippen molar-refractivity contribution in [3.63, 3.8) is 0 Å². The SMILES string of the molecule is CCN(CCCO)c1ccccc1C(=O)c1ccccc1. The van der Waals surface area contributed by atoms with Crippen LogP contribution in [0.2, 0.25) is 0 Å². The molecule has 2 rings (SSSR count). The van der Waals surface area contributed by atoms with E-state index in [9.17, 15) is 4.79 Å². The molecule has 3 heteroatoms. The first kappa shape index (κ1) is 15.3. The molecule has 0 aliphatic carbocycles. The van der Waals surface area contributed by atoms with E-state index >= 15 is 0 Å². The summed E-state index contributed by atoms with van der Waals surface area (Å²) in [6.07, 6.45) is 0.696. The molecule has 0 aliphatic heterocycles. The standard InChI is InChI=1S/C18H21NO2/c1-2-19(13-8-14-20)17-12-7-6-11-16(17)18(21)15-9-4-3-5-10-15/h3-7,9-12,20H,2,8,13-14H2,1H3. The van der Waals surface area contributed by atoms with Crippen molar-refractivity contribution in [3.8, 4) is 0 Å². The van der Waals surface area contributed by atoms with Crippen molar-refractivity contribution in [3.05, 3.63) is 65.7 Å². The summed E-state index contributed by atoms with van der Waals surface area (Å²) in [6, 6.07) is 17.0. The molecule has 2 aromatic carbocycles. The molecule has 0 radical (unpaired) electrons. The maximum Gasteiger partial charge on any atom is 0.195 e. The number of anilines is 1. The summed E-state index contributed by atoms with van der Waals surface area (Å²) in [5.41, 5.74) is 2.34. The van der Waals surface area contributed by atoms with Crippen LogP contribution in [-0.2, 0) is 0 Å². The zero-order valence-corrected chi connectivity index (χ0v) is 12.3. The van der Waals surface area contributed by atoms with Crippen molar-refractivity contribution < 1.29 is 9.90 Å². The predicted molar refractivity (Wildman–Crippen MR) is 85.9 cm³/mol. The Kier molecular flexibility index (Phi) is 5.52. The summed E-state index contributed by atoms with van der Waals surface area (Å²) in [5.74, 6) is 0.0358. The fourth-order valence-corrected chi connectivity index (χ4v) is 2.40. The third kappa shape index (κ3) is 3.70. The van der Waals surface area contributed by atoms with E-state index in [1.807, 2.05) is 54.6 Å². The van der Waals surface area contributed by atoms with E-state index in [-0.39, 0.29) is 12.4 Å². The topological polar surface area (TPSA) is 40.5 Å². The van der Waals surface area contributed by atoms with Crippen LogP contribution in [0.4, 0.5) is 5.69 Å². The second kappa shape index (κ2) is 7.60. The van der Waals surface area contributed by atoms with Gasteiger partial charge in [0, 0.05) is 36.5 Å². The largest absolute Gasteiger partial charge is 0.396 e. The van der Waals surface area contributed by atoms with E-state index in [0.29, 0.717) is 17.5 Å². The Hall–Kier alpha value is -2.13. The lowest BCUT2D eigenvalue weighted by molar-refractivity contribution is 0.103. The third-order valence-corrected chi connectivity index (χ3v) is 3.49. The fraction of sp³-hybridized carbons (Fsp3) is 0.278. The van der Waals surface area contributed by atoms with Crippen LogP contribution >= 0.6 is 0 Å². The molecule has 0 amide bonds. The highest BCUT2D eigenvalue weighted by Gasteiger charge is 2.16. The monoisotopic (exact) mass is 283 g/mol. The maximum atomic E-state index is 12.7. The summed E-state index contributed by atoms with van der Waals surface area (Å²) in [6.45, 7) is 3.76. The lowest BCUT2D eigenvalue weighted by Gasteiger charge is -2.25. The van der Waals surface area contributed by atoms with Crippen LogP contribution in [0, 0.1) is 0 Å². The van der Waals surface area contributed by atoms with Gasteiger partial charge in [-0.25, -0.2) is 0 Å². The van der Waals surface area contributed by atoms with Crippen molar-refractivity contribution in [2.45, 2.75) is 13.3 Å². The molecule has 0 aromatic heterocycles. The van der Waals surface area contributed by atoms with Gasteiger partial charge in [0.25, 0.3) is 0 Å². The van der Waals surface area contributed by atoms with Gasteiger partial charge < -0.3 is 10.0 Å².